The Morgan fingerprint density at radius 3 is 0.661 bits per heavy atom. The van der Waals surface area contributed by atoms with Crippen molar-refractivity contribution < 1.29 is 0 Å². The van der Waals surface area contributed by atoms with Gasteiger partial charge in [-0.3, -0.25) is 0 Å². The summed E-state index contributed by atoms with van der Waals surface area (Å²) in [6.45, 7) is 34.0. The largest absolute Gasteiger partial charge is 0.330 e. The minimum Gasteiger partial charge on any atom is -0.330 e. The maximum atomic E-state index is 5.37. The van der Waals surface area contributed by atoms with Crippen molar-refractivity contribution in [1.29, 1.82) is 0 Å². The Hall–Kier alpha value is 0.0249. The minimum atomic E-state index is 0.401. The van der Waals surface area contributed by atoms with E-state index >= 15 is 0 Å². The first kappa shape index (κ1) is 61.1. The average molecular weight is 830 g/mol. The Morgan fingerprint density at radius 2 is 0.475 bits per heavy atom. The normalized spacial score (nSPS) is 13.9. The molecule has 3 unspecified atom stereocenters. The molecule has 0 amide bonds. The number of unbranched alkanes of at least 4 members (excludes halogenated alkanes) is 27. The van der Waals surface area contributed by atoms with Crippen molar-refractivity contribution in [1.82, 2.24) is 0 Å². The van der Waals surface area contributed by atoms with Crippen LogP contribution < -0.4 is 5.73 Å². The molecule has 0 saturated carbocycles. The van der Waals surface area contributed by atoms with E-state index in [1.807, 2.05) is 0 Å². The fourth-order valence-electron chi connectivity index (χ4n) is 10.5. The highest BCUT2D eigenvalue weighted by molar-refractivity contribution is 6.63. The molecule has 2 N–H and O–H groups in total. The van der Waals surface area contributed by atoms with Crippen molar-refractivity contribution in [3.05, 3.63) is 0 Å². The zero-order valence-corrected chi connectivity index (χ0v) is 44.3. The van der Waals surface area contributed by atoms with Gasteiger partial charge in [-0.05, 0) is 29.2 Å². The molecule has 2 heteroatoms. The molecule has 0 spiro atoms. The summed E-state index contributed by atoms with van der Waals surface area (Å²) in [5.41, 5.74) is 6.57. The van der Waals surface area contributed by atoms with Gasteiger partial charge >= 0.3 is 0 Å². The van der Waals surface area contributed by atoms with Crippen molar-refractivity contribution in [3.8, 4) is 0 Å². The van der Waals surface area contributed by atoms with Crippen molar-refractivity contribution >= 4 is 6.71 Å². The van der Waals surface area contributed by atoms with Gasteiger partial charge in [0.05, 0.1) is 0 Å². The average Bonchev–Trinajstić information content (AvgIpc) is 3.14. The lowest BCUT2D eigenvalue weighted by atomic mass is 9.23. The highest BCUT2D eigenvalue weighted by Crippen LogP contribution is 2.51. The van der Waals surface area contributed by atoms with Gasteiger partial charge in [0.25, 0.3) is 0 Å². The number of hydrogen-bond acceptors (Lipinski definition) is 1. The predicted molar refractivity (Wildman–Crippen MR) is 278 cm³/mol. The predicted octanol–water partition coefficient (Wildman–Crippen LogP) is 21.2. The molecule has 0 aliphatic carbocycles. The monoisotopic (exact) mass is 830 g/mol. The molecule has 1 nitrogen and oxygen atoms in total. The molecule has 3 atom stereocenters. The first-order valence-electron chi connectivity index (χ1n) is 27.7. The van der Waals surface area contributed by atoms with Crippen LogP contribution in [0.5, 0.6) is 0 Å². The second kappa shape index (κ2) is 40.8. The molecule has 0 aliphatic rings. The van der Waals surface area contributed by atoms with Crippen LogP contribution in [0.15, 0.2) is 0 Å². The van der Waals surface area contributed by atoms with Gasteiger partial charge in [0.15, 0.2) is 0 Å². The van der Waals surface area contributed by atoms with E-state index in [0.717, 1.165) is 30.7 Å². The lowest BCUT2D eigenvalue weighted by Gasteiger charge is -2.43. The van der Waals surface area contributed by atoms with Crippen LogP contribution in [0, 0.1) is 16.2 Å². The molecule has 0 radical (unpaired) electrons. The van der Waals surface area contributed by atoms with E-state index < -0.39 is 0 Å². The number of nitrogens with two attached hydrogens (primary N) is 1. The quantitative estimate of drug-likeness (QED) is 0.0483. The van der Waals surface area contributed by atoms with Gasteiger partial charge in [-0.25, -0.2) is 0 Å². The highest BCUT2D eigenvalue weighted by atomic mass is 14.5. The van der Waals surface area contributed by atoms with Crippen LogP contribution in [-0.2, 0) is 0 Å². The molecular formula is C57H120BN. The van der Waals surface area contributed by atoms with E-state index in [1.54, 1.807) is 0 Å². The first-order chi connectivity index (χ1) is 28.0. The van der Waals surface area contributed by atoms with Crippen LogP contribution in [-0.4, -0.2) is 13.3 Å². The second-order valence-corrected chi connectivity index (χ2v) is 23.9. The molecule has 0 aliphatic heterocycles. The van der Waals surface area contributed by atoms with E-state index in [9.17, 15) is 0 Å². The fraction of sp³-hybridized carbons (Fsp3) is 1.00. The van der Waals surface area contributed by atoms with Gasteiger partial charge in [0.1, 0.15) is 6.71 Å². The molecule has 59 heavy (non-hydrogen) atoms. The van der Waals surface area contributed by atoms with Crippen molar-refractivity contribution in [2.24, 2.45) is 22.0 Å². The van der Waals surface area contributed by atoms with Gasteiger partial charge < -0.3 is 5.73 Å². The van der Waals surface area contributed by atoms with Crippen LogP contribution in [0.25, 0.3) is 0 Å². The molecule has 0 fully saturated rings. The Labute approximate surface area is 378 Å². The van der Waals surface area contributed by atoms with Crippen LogP contribution >= 0.6 is 0 Å². The maximum absolute atomic E-state index is 5.37. The minimum absolute atomic E-state index is 0.401. The molecule has 0 aromatic heterocycles. The fourth-order valence-corrected chi connectivity index (χ4v) is 10.5. The molecule has 0 aromatic carbocycles. The standard InChI is InChI=1S/C48H99B.C9H21N/c1-13-16-19-22-25-28-31-34-37-43(40-46(4,5)6)49(44(41-47(7,8)9)38-35-32-29-26-23-20-17-14-2)45(42-48(10,11)12)39-36-33-30-27-24-21-18-15-3;1-2-3-4-5-6-7-8-9-10/h43-45H,13-42H2,1-12H3;2-10H2,1H3. The van der Waals surface area contributed by atoms with Gasteiger partial charge in [-0.15, -0.1) is 0 Å². The van der Waals surface area contributed by atoms with Crippen molar-refractivity contribution in [2.75, 3.05) is 6.54 Å². The third-order valence-corrected chi connectivity index (χ3v) is 13.3. The lowest BCUT2D eigenvalue weighted by molar-refractivity contribution is 0.317. The summed E-state index contributed by atoms with van der Waals surface area (Å²) in [5.74, 6) is 2.63. The molecular weight excluding hydrogens is 709 g/mol. The Morgan fingerprint density at radius 1 is 0.288 bits per heavy atom. The Kier molecular flexibility index (Phi) is 42.2. The lowest BCUT2D eigenvalue weighted by Crippen LogP contribution is -2.38. The van der Waals surface area contributed by atoms with Gasteiger partial charge in [-0.1, -0.05) is 339 Å². The summed E-state index contributed by atoms with van der Waals surface area (Å²) >= 11 is 0. The second-order valence-electron chi connectivity index (χ2n) is 23.9. The summed E-state index contributed by atoms with van der Waals surface area (Å²) in [5, 5.41) is 0. The van der Waals surface area contributed by atoms with Crippen molar-refractivity contribution in [2.45, 2.75) is 345 Å². The van der Waals surface area contributed by atoms with E-state index in [-0.39, 0.29) is 0 Å². The summed E-state index contributed by atoms with van der Waals surface area (Å²) in [6, 6.07) is 0. The van der Waals surface area contributed by atoms with Gasteiger partial charge in [-0.2, -0.15) is 0 Å². The number of hydrogen-bond donors (Lipinski definition) is 1. The topological polar surface area (TPSA) is 26.0 Å². The highest BCUT2D eigenvalue weighted by Gasteiger charge is 2.42. The first-order valence-corrected chi connectivity index (χ1v) is 27.7. The molecule has 0 aromatic rings. The van der Waals surface area contributed by atoms with Gasteiger partial charge in [0.2, 0.25) is 0 Å². The van der Waals surface area contributed by atoms with Crippen LogP contribution in [0.1, 0.15) is 328 Å². The van der Waals surface area contributed by atoms with E-state index in [4.69, 9.17) is 5.73 Å². The zero-order valence-electron chi connectivity index (χ0n) is 44.3. The van der Waals surface area contributed by atoms with Crippen molar-refractivity contribution in [3.63, 3.8) is 0 Å². The van der Waals surface area contributed by atoms with Crippen LogP contribution in [0.3, 0.4) is 0 Å². The smallest absolute Gasteiger partial charge is 0.149 e. The summed E-state index contributed by atoms with van der Waals surface area (Å²) < 4.78 is 0. The van der Waals surface area contributed by atoms with Crippen LogP contribution in [0.4, 0.5) is 0 Å². The third kappa shape index (κ3) is 44.4. The van der Waals surface area contributed by atoms with Crippen LogP contribution in [0.2, 0.25) is 17.5 Å². The molecule has 0 rings (SSSR count). The maximum Gasteiger partial charge on any atom is 0.149 e. The Bertz CT molecular complexity index is 711. The van der Waals surface area contributed by atoms with E-state index in [2.05, 4.69) is 90.0 Å². The summed E-state index contributed by atoms with van der Waals surface area (Å²) in [4.78, 5) is 0. The Balaban J connectivity index is 0. The van der Waals surface area contributed by atoms with E-state index in [1.165, 1.54) is 238 Å². The molecule has 356 valence electrons. The third-order valence-electron chi connectivity index (χ3n) is 13.3. The van der Waals surface area contributed by atoms with Gasteiger partial charge in [0, 0.05) is 0 Å². The molecule has 0 heterocycles. The molecule has 0 bridgehead atoms. The number of rotatable bonds is 40. The summed E-state index contributed by atoms with van der Waals surface area (Å²) in [6.07, 6.45) is 52.9. The molecule has 0 saturated heterocycles. The summed E-state index contributed by atoms with van der Waals surface area (Å²) in [7, 11) is 0. The zero-order chi connectivity index (χ0) is 44.7. The SMILES string of the molecule is CCCCCCCCCCC(CC(C)(C)C)B(C(CCCCCCCCCC)CC(C)(C)C)C(CCCCCCCCCC)CC(C)(C)C.CCCCCCCCCN. The van der Waals surface area contributed by atoms with E-state index in [0.29, 0.717) is 16.2 Å².